The molecule has 0 saturated heterocycles. The lowest BCUT2D eigenvalue weighted by Crippen LogP contribution is -2.21. The molecule has 0 spiro atoms. The summed E-state index contributed by atoms with van der Waals surface area (Å²) in [5.74, 6) is -0.131. The minimum Gasteiger partial charge on any atom is -0.360 e. The Morgan fingerprint density at radius 1 is 1.05 bits per heavy atom. The van der Waals surface area contributed by atoms with Gasteiger partial charge in [-0.25, -0.2) is 4.39 Å². The summed E-state index contributed by atoms with van der Waals surface area (Å²) in [5, 5.41) is 3.28. The Morgan fingerprint density at radius 3 is 2.40 bits per heavy atom. The first-order valence-electron chi connectivity index (χ1n) is 7.09. The van der Waals surface area contributed by atoms with Gasteiger partial charge in [-0.1, -0.05) is 43.3 Å². The average Bonchev–Trinajstić information content (AvgIpc) is 2.88. The molecule has 104 valence electrons. The Morgan fingerprint density at radius 2 is 1.75 bits per heavy atom. The Balaban J connectivity index is 1.91. The van der Waals surface area contributed by atoms with Crippen LogP contribution in [0.3, 0.4) is 0 Å². The van der Waals surface area contributed by atoms with E-state index in [9.17, 15) is 4.39 Å². The van der Waals surface area contributed by atoms with Crippen molar-refractivity contribution in [3.05, 3.63) is 65.0 Å². The minimum absolute atomic E-state index is 0.131. The Hall–Kier alpha value is -1.87. The van der Waals surface area contributed by atoms with E-state index in [0.717, 1.165) is 30.9 Å². The largest absolute Gasteiger partial charge is 0.360 e. The van der Waals surface area contributed by atoms with E-state index < -0.39 is 0 Å². The molecule has 0 aromatic heterocycles. The highest BCUT2D eigenvalue weighted by Crippen LogP contribution is 2.32. The molecule has 2 nitrogen and oxygen atoms in total. The lowest BCUT2D eigenvalue weighted by atomic mass is 10.1. The number of nitrogens with one attached hydrogen (secondary N) is 1. The van der Waals surface area contributed by atoms with Gasteiger partial charge < -0.3 is 10.2 Å². The van der Waals surface area contributed by atoms with Crippen LogP contribution >= 0.6 is 0 Å². The number of anilines is 1. The molecule has 1 aliphatic rings. The Kier molecular flexibility index (Phi) is 3.70. The second-order valence-electron chi connectivity index (χ2n) is 5.15. The fourth-order valence-electron chi connectivity index (χ4n) is 2.81. The zero-order valence-electron chi connectivity index (χ0n) is 11.7. The molecule has 2 aromatic carbocycles. The zero-order valence-corrected chi connectivity index (χ0v) is 11.7. The summed E-state index contributed by atoms with van der Waals surface area (Å²) in [6, 6.07) is 13.7. The van der Waals surface area contributed by atoms with Crippen molar-refractivity contribution in [3.63, 3.8) is 0 Å². The van der Waals surface area contributed by atoms with Gasteiger partial charge in [-0.05, 0) is 29.3 Å². The number of benzene rings is 2. The standard InChI is InChI=1S/C17H19FN2/c1-2-19-10-13-8-5-9-16(18)17(13)20-11-14-6-3-4-7-15(14)12-20/h3-9,19H,2,10-12H2,1H3. The topological polar surface area (TPSA) is 15.3 Å². The van der Waals surface area contributed by atoms with Gasteiger partial charge in [-0.2, -0.15) is 0 Å². The van der Waals surface area contributed by atoms with Crippen molar-refractivity contribution in [1.29, 1.82) is 0 Å². The van der Waals surface area contributed by atoms with Gasteiger partial charge in [0.05, 0.1) is 5.69 Å². The SMILES string of the molecule is CCNCc1cccc(F)c1N1Cc2ccccc2C1. The van der Waals surface area contributed by atoms with Gasteiger partial charge in [-0.15, -0.1) is 0 Å². The Labute approximate surface area is 119 Å². The molecule has 0 aliphatic carbocycles. The molecule has 1 aliphatic heterocycles. The molecule has 0 amide bonds. The summed E-state index contributed by atoms with van der Waals surface area (Å²) < 4.78 is 14.3. The summed E-state index contributed by atoms with van der Waals surface area (Å²) in [5.41, 5.74) is 4.36. The third-order valence-corrected chi connectivity index (χ3v) is 3.79. The predicted octanol–water partition coefficient (Wildman–Crippen LogP) is 3.46. The number of halogens is 1. The molecule has 0 saturated carbocycles. The van der Waals surface area contributed by atoms with Crippen molar-refractivity contribution in [2.75, 3.05) is 11.4 Å². The second kappa shape index (κ2) is 5.63. The van der Waals surface area contributed by atoms with Crippen molar-refractivity contribution in [1.82, 2.24) is 5.32 Å². The first-order valence-corrected chi connectivity index (χ1v) is 7.09. The fourth-order valence-corrected chi connectivity index (χ4v) is 2.81. The number of hydrogen-bond donors (Lipinski definition) is 1. The van der Waals surface area contributed by atoms with Crippen molar-refractivity contribution in [2.24, 2.45) is 0 Å². The average molecular weight is 270 g/mol. The number of para-hydroxylation sites is 1. The van der Waals surface area contributed by atoms with Gasteiger partial charge in [0.15, 0.2) is 0 Å². The van der Waals surface area contributed by atoms with Gasteiger partial charge >= 0.3 is 0 Å². The molecule has 1 heterocycles. The third kappa shape index (κ3) is 2.41. The van der Waals surface area contributed by atoms with Gasteiger partial charge in [0.2, 0.25) is 0 Å². The van der Waals surface area contributed by atoms with Crippen molar-refractivity contribution >= 4 is 5.69 Å². The van der Waals surface area contributed by atoms with Gasteiger partial charge in [-0.3, -0.25) is 0 Å². The van der Waals surface area contributed by atoms with Crippen molar-refractivity contribution < 1.29 is 4.39 Å². The van der Waals surface area contributed by atoms with Crippen molar-refractivity contribution in [3.8, 4) is 0 Å². The maximum Gasteiger partial charge on any atom is 0.146 e. The number of fused-ring (bicyclic) bond motifs is 1. The third-order valence-electron chi connectivity index (χ3n) is 3.79. The fraction of sp³-hybridized carbons (Fsp3) is 0.294. The number of rotatable bonds is 4. The molecule has 0 atom stereocenters. The van der Waals surface area contributed by atoms with Crippen LogP contribution in [-0.2, 0) is 19.6 Å². The first kappa shape index (κ1) is 13.1. The van der Waals surface area contributed by atoms with Crippen LogP contribution < -0.4 is 10.2 Å². The second-order valence-corrected chi connectivity index (χ2v) is 5.15. The highest BCUT2D eigenvalue weighted by molar-refractivity contribution is 5.58. The lowest BCUT2D eigenvalue weighted by molar-refractivity contribution is 0.612. The molecular formula is C17H19FN2. The maximum atomic E-state index is 14.3. The summed E-state index contributed by atoms with van der Waals surface area (Å²) in [7, 11) is 0. The molecular weight excluding hydrogens is 251 g/mol. The summed E-state index contributed by atoms with van der Waals surface area (Å²) >= 11 is 0. The molecule has 0 fully saturated rings. The van der Waals surface area contributed by atoms with E-state index in [4.69, 9.17) is 0 Å². The first-order chi connectivity index (χ1) is 9.79. The van der Waals surface area contributed by atoms with Gasteiger partial charge in [0.1, 0.15) is 5.82 Å². The molecule has 0 unspecified atom stereocenters. The molecule has 1 N–H and O–H groups in total. The summed E-state index contributed by atoms with van der Waals surface area (Å²) in [6.45, 7) is 5.23. The maximum absolute atomic E-state index is 14.3. The minimum atomic E-state index is -0.131. The highest BCUT2D eigenvalue weighted by Gasteiger charge is 2.23. The molecule has 3 heteroatoms. The van der Waals surface area contributed by atoms with Crippen LogP contribution in [0.1, 0.15) is 23.6 Å². The normalized spacial score (nSPS) is 13.6. The molecule has 20 heavy (non-hydrogen) atoms. The van der Waals surface area contributed by atoms with Crippen LogP contribution in [0.2, 0.25) is 0 Å². The van der Waals surface area contributed by atoms with E-state index in [2.05, 4.69) is 29.3 Å². The van der Waals surface area contributed by atoms with Crippen molar-refractivity contribution in [2.45, 2.75) is 26.6 Å². The van der Waals surface area contributed by atoms with Crippen LogP contribution in [-0.4, -0.2) is 6.54 Å². The monoisotopic (exact) mass is 270 g/mol. The quantitative estimate of drug-likeness (QED) is 0.915. The van der Waals surface area contributed by atoms with Crippen LogP contribution in [0, 0.1) is 5.82 Å². The molecule has 0 bridgehead atoms. The van der Waals surface area contributed by atoms with Crippen LogP contribution in [0.15, 0.2) is 42.5 Å². The highest BCUT2D eigenvalue weighted by atomic mass is 19.1. The van der Waals surface area contributed by atoms with E-state index in [1.807, 2.05) is 18.2 Å². The van der Waals surface area contributed by atoms with E-state index in [0.29, 0.717) is 6.54 Å². The van der Waals surface area contributed by atoms with Crippen LogP contribution in [0.5, 0.6) is 0 Å². The number of hydrogen-bond acceptors (Lipinski definition) is 2. The van der Waals surface area contributed by atoms with Gasteiger partial charge in [0, 0.05) is 19.6 Å². The van der Waals surface area contributed by atoms with E-state index in [-0.39, 0.29) is 5.82 Å². The molecule has 2 aromatic rings. The summed E-state index contributed by atoms with van der Waals surface area (Å²) in [4.78, 5) is 2.13. The zero-order chi connectivity index (χ0) is 13.9. The molecule has 3 rings (SSSR count). The smallest absolute Gasteiger partial charge is 0.146 e. The molecule has 0 radical (unpaired) electrons. The predicted molar refractivity (Wildman–Crippen MR) is 80.1 cm³/mol. The Bertz CT molecular complexity index is 585. The van der Waals surface area contributed by atoms with Gasteiger partial charge in [0.25, 0.3) is 0 Å². The van der Waals surface area contributed by atoms with Crippen LogP contribution in [0.25, 0.3) is 0 Å². The van der Waals surface area contributed by atoms with E-state index >= 15 is 0 Å². The van der Waals surface area contributed by atoms with Crippen LogP contribution in [0.4, 0.5) is 10.1 Å². The number of nitrogens with zero attached hydrogens (tertiary/aromatic N) is 1. The lowest BCUT2D eigenvalue weighted by Gasteiger charge is -2.22. The van der Waals surface area contributed by atoms with E-state index in [1.165, 1.54) is 11.1 Å². The summed E-state index contributed by atoms with van der Waals surface area (Å²) in [6.07, 6.45) is 0. The van der Waals surface area contributed by atoms with E-state index in [1.54, 1.807) is 12.1 Å².